The van der Waals surface area contributed by atoms with E-state index in [0.29, 0.717) is 5.95 Å². The van der Waals surface area contributed by atoms with E-state index in [-0.39, 0.29) is 5.41 Å². The van der Waals surface area contributed by atoms with Crippen molar-refractivity contribution < 1.29 is 0 Å². The van der Waals surface area contributed by atoms with E-state index in [0.717, 1.165) is 11.4 Å². The molecular formula is C17H23N3. The summed E-state index contributed by atoms with van der Waals surface area (Å²) in [4.78, 5) is 8.89. The monoisotopic (exact) mass is 269 g/mol. The summed E-state index contributed by atoms with van der Waals surface area (Å²) in [6, 6.07) is 8.64. The summed E-state index contributed by atoms with van der Waals surface area (Å²) < 4.78 is 0. The average Bonchev–Trinajstić information content (AvgIpc) is 2.36. The highest BCUT2D eigenvalue weighted by Gasteiger charge is 2.15. The number of rotatable bonds is 2. The van der Waals surface area contributed by atoms with Gasteiger partial charge < -0.3 is 5.32 Å². The van der Waals surface area contributed by atoms with Crippen molar-refractivity contribution in [1.82, 2.24) is 9.97 Å². The largest absolute Gasteiger partial charge is 0.357 e. The maximum Gasteiger partial charge on any atom is 0.223 e. The summed E-state index contributed by atoms with van der Waals surface area (Å²) in [5.74, 6) is 0.666. The van der Waals surface area contributed by atoms with Crippen LogP contribution in [-0.2, 0) is 5.41 Å². The Morgan fingerprint density at radius 3 is 2.25 bits per heavy atom. The smallest absolute Gasteiger partial charge is 0.223 e. The van der Waals surface area contributed by atoms with Gasteiger partial charge in [0.25, 0.3) is 0 Å². The molecule has 1 N–H and O–H groups in total. The lowest BCUT2D eigenvalue weighted by Gasteiger charge is -2.20. The molecule has 0 amide bonds. The fourth-order valence-corrected chi connectivity index (χ4v) is 2.24. The van der Waals surface area contributed by atoms with Crippen molar-refractivity contribution in [2.75, 3.05) is 12.4 Å². The molecule has 1 aromatic carbocycles. The molecule has 2 aromatic rings. The SMILES string of the molecule is CNc1nc(C)cc(-c2ccc(C(C)(C)C)cc2C)n1. The predicted octanol–water partition coefficient (Wildman–Crippen LogP) is 4.10. The Hall–Kier alpha value is -1.90. The fourth-order valence-electron chi connectivity index (χ4n) is 2.24. The first-order valence-electron chi connectivity index (χ1n) is 6.96. The van der Waals surface area contributed by atoms with Crippen LogP contribution in [0.1, 0.15) is 37.6 Å². The molecule has 0 atom stereocenters. The van der Waals surface area contributed by atoms with Crippen molar-refractivity contribution in [2.45, 2.75) is 40.0 Å². The second-order valence-electron chi connectivity index (χ2n) is 6.25. The first kappa shape index (κ1) is 14.5. The van der Waals surface area contributed by atoms with E-state index in [2.05, 4.69) is 61.2 Å². The summed E-state index contributed by atoms with van der Waals surface area (Å²) in [6.07, 6.45) is 0. The van der Waals surface area contributed by atoms with Crippen LogP contribution in [-0.4, -0.2) is 17.0 Å². The van der Waals surface area contributed by atoms with Gasteiger partial charge in [0.2, 0.25) is 5.95 Å². The molecule has 0 spiro atoms. The molecule has 0 radical (unpaired) electrons. The maximum atomic E-state index is 4.55. The molecule has 0 unspecified atom stereocenters. The molecule has 0 aliphatic heterocycles. The number of benzene rings is 1. The van der Waals surface area contributed by atoms with Gasteiger partial charge in [-0.05, 0) is 36.5 Å². The van der Waals surface area contributed by atoms with Crippen LogP contribution in [0.5, 0.6) is 0 Å². The Bertz CT molecular complexity index is 625. The maximum absolute atomic E-state index is 4.55. The molecular weight excluding hydrogens is 246 g/mol. The predicted molar refractivity (Wildman–Crippen MR) is 85.2 cm³/mol. The molecule has 0 fully saturated rings. The summed E-state index contributed by atoms with van der Waals surface area (Å²) in [7, 11) is 1.84. The van der Waals surface area contributed by atoms with Crippen LogP contribution in [0.15, 0.2) is 24.3 Å². The van der Waals surface area contributed by atoms with Crippen LogP contribution in [0.2, 0.25) is 0 Å². The van der Waals surface area contributed by atoms with Crippen molar-refractivity contribution in [2.24, 2.45) is 0 Å². The third kappa shape index (κ3) is 2.98. The zero-order valence-corrected chi connectivity index (χ0v) is 13.2. The number of aryl methyl sites for hydroxylation is 2. The Balaban J connectivity index is 2.51. The second-order valence-corrected chi connectivity index (χ2v) is 6.25. The second kappa shape index (κ2) is 5.23. The highest BCUT2D eigenvalue weighted by Crippen LogP contribution is 2.29. The number of hydrogen-bond acceptors (Lipinski definition) is 3. The minimum Gasteiger partial charge on any atom is -0.357 e. The number of nitrogens with zero attached hydrogens (tertiary/aromatic N) is 2. The summed E-state index contributed by atoms with van der Waals surface area (Å²) >= 11 is 0. The van der Waals surface area contributed by atoms with E-state index in [9.17, 15) is 0 Å². The van der Waals surface area contributed by atoms with Crippen molar-refractivity contribution >= 4 is 5.95 Å². The zero-order valence-electron chi connectivity index (χ0n) is 13.2. The number of anilines is 1. The molecule has 0 saturated carbocycles. The van der Waals surface area contributed by atoms with E-state index in [1.165, 1.54) is 16.7 Å². The normalized spacial score (nSPS) is 11.5. The summed E-state index contributed by atoms with van der Waals surface area (Å²) in [5, 5.41) is 3.01. The van der Waals surface area contributed by atoms with Crippen LogP contribution in [0.4, 0.5) is 5.95 Å². The molecule has 20 heavy (non-hydrogen) atoms. The third-order valence-electron chi connectivity index (χ3n) is 3.45. The molecule has 1 aromatic heterocycles. The van der Waals surface area contributed by atoms with Gasteiger partial charge in [-0.25, -0.2) is 9.97 Å². The molecule has 0 saturated heterocycles. The molecule has 0 aliphatic rings. The molecule has 3 nitrogen and oxygen atoms in total. The minimum absolute atomic E-state index is 0.168. The topological polar surface area (TPSA) is 37.8 Å². The van der Waals surface area contributed by atoms with Gasteiger partial charge in [-0.3, -0.25) is 0 Å². The van der Waals surface area contributed by atoms with Gasteiger partial charge in [-0.2, -0.15) is 0 Å². The van der Waals surface area contributed by atoms with Gasteiger partial charge in [0.15, 0.2) is 0 Å². The number of nitrogens with one attached hydrogen (secondary N) is 1. The highest BCUT2D eigenvalue weighted by atomic mass is 15.1. The molecule has 3 heteroatoms. The highest BCUT2D eigenvalue weighted by molar-refractivity contribution is 5.65. The zero-order chi connectivity index (χ0) is 14.9. The first-order chi connectivity index (χ1) is 9.31. The average molecular weight is 269 g/mol. The first-order valence-corrected chi connectivity index (χ1v) is 6.96. The number of hydrogen-bond donors (Lipinski definition) is 1. The van der Waals surface area contributed by atoms with Crippen LogP contribution in [0.3, 0.4) is 0 Å². The van der Waals surface area contributed by atoms with E-state index in [1.807, 2.05) is 20.0 Å². The van der Waals surface area contributed by atoms with Gasteiger partial charge in [-0.1, -0.05) is 39.0 Å². The Kier molecular flexibility index (Phi) is 3.80. The molecule has 2 rings (SSSR count). The summed E-state index contributed by atoms with van der Waals surface area (Å²) in [6.45, 7) is 10.8. The standard InChI is InChI=1S/C17H23N3/c1-11-9-13(17(3,4)5)7-8-14(11)15-10-12(2)19-16(18-6)20-15/h7-10H,1-6H3,(H,18,19,20). The van der Waals surface area contributed by atoms with Crippen molar-refractivity contribution in [3.63, 3.8) is 0 Å². The molecule has 0 bridgehead atoms. The van der Waals surface area contributed by atoms with Gasteiger partial charge in [0.05, 0.1) is 5.69 Å². The summed E-state index contributed by atoms with van der Waals surface area (Å²) in [5.41, 5.74) is 5.87. The van der Waals surface area contributed by atoms with Gasteiger partial charge >= 0.3 is 0 Å². The number of aromatic nitrogens is 2. The van der Waals surface area contributed by atoms with Crippen LogP contribution in [0.25, 0.3) is 11.3 Å². The quantitative estimate of drug-likeness (QED) is 0.892. The Morgan fingerprint density at radius 1 is 1.00 bits per heavy atom. The van der Waals surface area contributed by atoms with Gasteiger partial charge in [0, 0.05) is 18.3 Å². The molecule has 0 aliphatic carbocycles. The molecule has 106 valence electrons. The Labute approximate surface area is 121 Å². The van der Waals surface area contributed by atoms with E-state index in [1.54, 1.807) is 0 Å². The van der Waals surface area contributed by atoms with E-state index < -0.39 is 0 Å². The van der Waals surface area contributed by atoms with Gasteiger partial charge in [-0.15, -0.1) is 0 Å². The molecule has 1 heterocycles. The lowest BCUT2D eigenvalue weighted by atomic mass is 9.85. The van der Waals surface area contributed by atoms with E-state index in [4.69, 9.17) is 0 Å². The van der Waals surface area contributed by atoms with Crippen molar-refractivity contribution in [3.8, 4) is 11.3 Å². The van der Waals surface area contributed by atoms with E-state index >= 15 is 0 Å². The lowest BCUT2D eigenvalue weighted by molar-refractivity contribution is 0.590. The fraction of sp³-hybridized carbons (Fsp3) is 0.412. The van der Waals surface area contributed by atoms with Crippen molar-refractivity contribution in [3.05, 3.63) is 41.1 Å². The lowest BCUT2D eigenvalue weighted by Crippen LogP contribution is -2.11. The van der Waals surface area contributed by atoms with Gasteiger partial charge in [0.1, 0.15) is 0 Å². The third-order valence-corrected chi connectivity index (χ3v) is 3.45. The van der Waals surface area contributed by atoms with Crippen LogP contribution < -0.4 is 5.32 Å². The Morgan fingerprint density at radius 2 is 1.70 bits per heavy atom. The van der Waals surface area contributed by atoms with Crippen LogP contribution >= 0.6 is 0 Å². The minimum atomic E-state index is 0.168. The van der Waals surface area contributed by atoms with Crippen LogP contribution in [0, 0.1) is 13.8 Å². The van der Waals surface area contributed by atoms with Crippen molar-refractivity contribution in [1.29, 1.82) is 0 Å².